The summed E-state index contributed by atoms with van der Waals surface area (Å²) in [6.07, 6.45) is 4.48. The molecule has 0 spiro atoms. The van der Waals surface area contributed by atoms with Gasteiger partial charge in [-0.3, -0.25) is 10.1 Å². The Morgan fingerprint density at radius 1 is 1.11 bits per heavy atom. The van der Waals surface area contributed by atoms with Crippen LogP contribution in [-0.2, 0) is 9.59 Å². The van der Waals surface area contributed by atoms with Gasteiger partial charge in [-0.05, 0) is 44.6 Å². The summed E-state index contributed by atoms with van der Waals surface area (Å²) < 4.78 is 33.5. The van der Waals surface area contributed by atoms with E-state index in [0.29, 0.717) is 23.3 Å². The zero-order valence-corrected chi connectivity index (χ0v) is 18.9. The third-order valence-electron chi connectivity index (χ3n) is 5.81. The van der Waals surface area contributed by atoms with E-state index in [2.05, 4.69) is 26.4 Å². The van der Waals surface area contributed by atoms with Gasteiger partial charge in [-0.2, -0.15) is 22.8 Å². The Labute approximate surface area is 202 Å². The summed E-state index contributed by atoms with van der Waals surface area (Å²) in [7, 11) is 0. The molecular weight excluding hydrogens is 485 g/mol. The van der Waals surface area contributed by atoms with Crippen LogP contribution in [0.25, 0.3) is 11.7 Å². The van der Waals surface area contributed by atoms with E-state index < -0.39 is 24.1 Å². The van der Waals surface area contributed by atoms with Crippen molar-refractivity contribution >= 4 is 41.3 Å². The van der Waals surface area contributed by atoms with Gasteiger partial charge in [0.2, 0.25) is 0 Å². The second-order valence-corrected chi connectivity index (χ2v) is 8.81. The number of anilines is 2. The molecule has 0 aromatic carbocycles. The lowest BCUT2D eigenvalue weighted by atomic mass is 9.92. The Kier molecular flexibility index (Phi) is 7.01. The summed E-state index contributed by atoms with van der Waals surface area (Å²) in [5, 5.41) is 23.3. The number of aliphatic carboxylic acids is 1. The van der Waals surface area contributed by atoms with Gasteiger partial charge in [-0.1, -0.05) is 0 Å². The minimum atomic E-state index is -5.08. The van der Waals surface area contributed by atoms with E-state index in [1.54, 1.807) is 16.8 Å². The smallest absolute Gasteiger partial charge is 0.475 e. The molecule has 15 heteroatoms. The van der Waals surface area contributed by atoms with Crippen molar-refractivity contribution in [1.82, 2.24) is 25.2 Å². The zero-order chi connectivity index (χ0) is 26.0. The van der Waals surface area contributed by atoms with Gasteiger partial charge < -0.3 is 26.8 Å². The van der Waals surface area contributed by atoms with Gasteiger partial charge in [-0.25, -0.2) is 14.6 Å². The fourth-order valence-corrected chi connectivity index (χ4v) is 3.81. The standard InChI is InChI=1S/C19H24N8O2.C2HF3O2/c20-11-1-3-12(4-2-11)22-15-8-16(23-13-5-6-13)27-17(25-15)10(9-21-27)7-14-18(28)26-19(29)24-14;3-2(4,5)1(6)7/h7-9,11-13,23H,1-6,20H2,(H,22,25)(H2,24,26,28,29);(H,6,7). The molecular formula is C21H25F3N8O4. The minimum absolute atomic E-state index is 0.183. The van der Waals surface area contributed by atoms with Crippen molar-refractivity contribution in [2.75, 3.05) is 10.6 Å². The molecule has 12 nitrogen and oxygen atoms in total. The van der Waals surface area contributed by atoms with Crippen molar-refractivity contribution in [2.45, 2.75) is 62.8 Å². The van der Waals surface area contributed by atoms with Crippen LogP contribution in [0.4, 0.5) is 29.6 Å². The number of carbonyl (C=O) groups excluding carboxylic acids is 2. The van der Waals surface area contributed by atoms with Crippen molar-refractivity contribution in [1.29, 1.82) is 0 Å². The average Bonchev–Trinajstić information content (AvgIpc) is 3.43. The van der Waals surface area contributed by atoms with Gasteiger partial charge in [0.25, 0.3) is 5.91 Å². The Morgan fingerprint density at radius 2 is 1.72 bits per heavy atom. The van der Waals surface area contributed by atoms with Crippen molar-refractivity contribution in [2.24, 2.45) is 5.73 Å². The lowest BCUT2D eigenvalue weighted by molar-refractivity contribution is -0.192. The molecule has 194 valence electrons. The molecule has 36 heavy (non-hydrogen) atoms. The molecule has 2 aromatic rings. The molecule has 1 saturated heterocycles. The number of nitrogens with one attached hydrogen (secondary N) is 4. The summed E-state index contributed by atoms with van der Waals surface area (Å²) >= 11 is 0. The summed E-state index contributed by atoms with van der Waals surface area (Å²) in [5.74, 6) is -1.59. The normalized spacial score (nSPS) is 23.1. The third kappa shape index (κ3) is 6.21. The van der Waals surface area contributed by atoms with E-state index in [4.69, 9.17) is 20.6 Å². The fraction of sp³-hybridized carbons (Fsp3) is 0.476. The van der Waals surface area contributed by atoms with E-state index >= 15 is 0 Å². The van der Waals surface area contributed by atoms with Crippen molar-refractivity contribution in [3.63, 3.8) is 0 Å². The minimum Gasteiger partial charge on any atom is -0.475 e. The van der Waals surface area contributed by atoms with E-state index in [1.165, 1.54) is 0 Å². The Bertz CT molecular complexity index is 1200. The van der Waals surface area contributed by atoms with E-state index in [1.807, 2.05) is 6.07 Å². The van der Waals surface area contributed by atoms with Crippen LogP contribution in [0, 0.1) is 0 Å². The first-order valence-electron chi connectivity index (χ1n) is 11.3. The molecule has 1 aliphatic heterocycles. The molecule has 5 rings (SSSR count). The molecule has 0 bridgehead atoms. The van der Waals surface area contributed by atoms with Crippen LogP contribution in [0.3, 0.4) is 0 Å². The Hall–Kier alpha value is -3.88. The van der Waals surface area contributed by atoms with Gasteiger partial charge in [0.1, 0.15) is 17.3 Å². The first-order chi connectivity index (χ1) is 17.0. The van der Waals surface area contributed by atoms with Gasteiger partial charge in [0.15, 0.2) is 5.65 Å². The molecule has 2 aromatic heterocycles. The number of carbonyl (C=O) groups is 3. The van der Waals surface area contributed by atoms with Gasteiger partial charge in [0, 0.05) is 29.8 Å². The molecule has 3 amide bonds. The van der Waals surface area contributed by atoms with Crippen LogP contribution in [-0.4, -0.2) is 61.9 Å². The second kappa shape index (κ2) is 10.0. The number of hydrogen-bond acceptors (Lipinski definition) is 8. The predicted molar refractivity (Wildman–Crippen MR) is 122 cm³/mol. The molecule has 3 fully saturated rings. The molecule has 2 saturated carbocycles. The van der Waals surface area contributed by atoms with Crippen LogP contribution >= 0.6 is 0 Å². The predicted octanol–water partition coefficient (Wildman–Crippen LogP) is 1.80. The number of halogens is 3. The highest BCUT2D eigenvalue weighted by Crippen LogP contribution is 2.29. The van der Waals surface area contributed by atoms with Gasteiger partial charge in [0.05, 0.1) is 6.20 Å². The highest BCUT2D eigenvalue weighted by atomic mass is 19.4. The number of hydrogen-bond donors (Lipinski definition) is 6. The maximum Gasteiger partial charge on any atom is 0.490 e. The van der Waals surface area contributed by atoms with Crippen molar-refractivity contribution in [3.8, 4) is 0 Å². The summed E-state index contributed by atoms with van der Waals surface area (Å²) in [4.78, 5) is 36.9. The first-order valence-corrected chi connectivity index (χ1v) is 11.3. The second-order valence-electron chi connectivity index (χ2n) is 8.81. The summed E-state index contributed by atoms with van der Waals surface area (Å²) in [5.41, 5.74) is 7.48. The molecule has 2 aliphatic carbocycles. The molecule has 0 radical (unpaired) electrons. The zero-order valence-electron chi connectivity index (χ0n) is 18.9. The largest absolute Gasteiger partial charge is 0.490 e. The molecule has 3 aliphatic rings. The van der Waals surface area contributed by atoms with Gasteiger partial charge >= 0.3 is 18.2 Å². The van der Waals surface area contributed by atoms with E-state index in [9.17, 15) is 22.8 Å². The number of urea groups is 1. The molecule has 3 heterocycles. The average molecular weight is 510 g/mol. The van der Waals surface area contributed by atoms with Crippen LogP contribution in [0.15, 0.2) is 18.0 Å². The molecule has 0 unspecified atom stereocenters. The van der Waals surface area contributed by atoms with Crippen LogP contribution in [0.2, 0.25) is 0 Å². The number of aromatic nitrogens is 3. The van der Waals surface area contributed by atoms with Crippen LogP contribution in [0.5, 0.6) is 0 Å². The van der Waals surface area contributed by atoms with Crippen molar-refractivity contribution < 1.29 is 32.7 Å². The monoisotopic (exact) mass is 510 g/mol. The Morgan fingerprint density at radius 3 is 2.28 bits per heavy atom. The highest BCUT2D eigenvalue weighted by molar-refractivity contribution is 6.14. The number of fused-ring (bicyclic) bond motifs is 1. The lowest BCUT2D eigenvalue weighted by Gasteiger charge is -2.27. The summed E-state index contributed by atoms with van der Waals surface area (Å²) in [6, 6.07) is 2.53. The van der Waals surface area contributed by atoms with E-state index in [-0.39, 0.29) is 11.7 Å². The quantitative estimate of drug-likeness (QED) is 0.259. The number of alkyl halides is 3. The molecule has 0 atom stereocenters. The van der Waals surface area contributed by atoms with Crippen LogP contribution < -0.4 is 27.0 Å². The number of nitrogens with two attached hydrogens (primary N) is 1. The Balaban J connectivity index is 0.000000384. The number of carboxylic acids is 1. The number of imide groups is 1. The summed E-state index contributed by atoms with van der Waals surface area (Å²) in [6.45, 7) is 0. The molecule has 7 N–H and O–H groups in total. The maximum atomic E-state index is 11.9. The van der Waals surface area contributed by atoms with E-state index in [0.717, 1.165) is 50.2 Å². The third-order valence-corrected chi connectivity index (χ3v) is 5.81. The lowest BCUT2D eigenvalue weighted by Crippen LogP contribution is -2.33. The number of nitrogens with zero attached hydrogens (tertiary/aromatic N) is 3. The van der Waals surface area contributed by atoms with Crippen LogP contribution in [0.1, 0.15) is 44.1 Å². The fourth-order valence-electron chi connectivity index (χ4n) is 3.81. The highest BCUT2D eigenvalue weighted by Gasteiger charge is 2.38. The first kappa shape index (κ1) is 25.2. The van der Waals surface area contributed by atoms with Crippen molar-refractivity contribution in [3.05, 3.63) is 23.5 Å². The maximum absolute atomic E-state index is 11.9. The number of amides is 3. The number of carboxylic acid groups (broad SMARTS) is 1. The van der Waals surface area contributed by atoms with Gasteiger partial charge in [-0.15, -0.1) is 0 Å². The SMILES string of the molecule is NC1CCC(Nc2cc(NC3CC3)n3ncc(C=C4NC(=O)NC4=O)c3n2)CC1.O=C(O)C(F)(F)F. The topological polar surface area (TPSA) is 176 Å². The number of rotatable bonds is 5.